The standard InChI is InChI=1S/C13H15N5O2/c19-18(20)12-3-1-2-10(8-12)13-15-9-17(16-13)7-6-14-11-4-5-11/h1-3,8-9,11,14H,4-7H2. The van der Waals surface area contributed by atoms with Gasteiger partial charge in [0.1, 0.15) is 6.33 Å². The number of nitrogens with one attached hydrogen (secondary N) is 1. The summed E-state index contributed by atoms with van der Waals surface area (Å²) in [4.78, 5) is 14.5. The third kappa shape index (κ3) is 3.00. The Bertz CT molecular complexity index is 621. The van der Waals surface area contributed by atoms with Gasteiger partial charge in [-0.15, -0.1) is 0 Å². The average Bonchev–Trinajstić information content (AvgIpc) is 3.15. The number of benzene rings is 1. The van der Waals surface area contributed by atoms with Crippen LogP contribution in [0.3, 0.4) is 0 Å². The molecule has 20 heavy (non-hydrogen) atoms. The van der Waals surface area contributed by atoms with Crippen molar-refractivity contribution in [2.24, 2.45) is 0 Å². The number of nitro groups is 1. The predicted octanol–water partition coefficient (Wildman–Crippen LogP) is 1.61. The second-order valence-electron chi connectivity index (χ2n) is 4.87. The highest BCUT2D eigenvalue weighted by Gasteiger charge is 2.19. The Balaban J connectivity index is 1.68. The summed E-state index contributed by atoms with van der Waals surface area (Å²) in [5.41, 5.74) is 0.711. The fraction of sp³-hybridized carbons (Fsp3) is 0.385. The summed E-state index contributed by atoms with van der Waals surface area (Å²) in [6.45, 7) is 1.61. The van der Waals surface area contributed by atoms with Gasteiger partial charge in [0.25, 0.3) is 5.69 Å². The van der Waals surface area contributed by atoms with E-state index in [2.05, 4.69) is 15.4 Å². The maximum absolute atomic E-state index is 10.8. The lowest BCUT2D eigenvalue weighted by Crippen LogP contribution is -2.22. The summed E-state index contributed by atoms with van der Waals surface area (Å²) in [5, 5.41) is 18.5. The van der Waals surface area contributed by atoms with Crippen LogP contribution >= 0.6 is 0 Å². The Morgan fingerprint density at radius 2 is 2.30 bits per heavy atom. The monoisotopic (exact) mass is 273 g/mol. The van der Waals surface area contributed by atoms with Crippen molar-refractivity contribution in [2.45, 2.75) is 25.4 Å². The van der Waals surface area contributed by atoms with Crippen LogP contribution in [0.25, 0.3) is 11.4 Å². The van der Waals surface area contributed by atoms with Gasteiger partial charge >= 0.3 is 0 Å². The fourth-order valence-corrected chi connectivity index (χ4v) is 1.96. The Labute approximate surface area is 115 Å². The van der Waals surface area contributed by atoms with Crippen LogP contribution in [-0.2, 0) is 6.54 Å². The third-order valence-corrected chi connectivity index (χ3v) is 3.20. The quantitative estimate of drug-likeness (QED) is 0.638. The smallest absolute Gasteiger partial charge is 0.270 e. The molecule has 3 rings (SSSR count). The summed E-state index contributed by atoms with van der Waals surface area (Å²) in [6, 6.07) is 7.04. The Morgan fingerprint density at radius 3 is 3.05 bits per heavy atom. The van der Waals surface area contributed by atoms with Gasteiger partial charge in [-0.2, -0.15) is 5.10 Å². The normalized spacial score (nSPS) is 14.4. The van der Waals surface area contributed by atoms with E-state index in [1.807, 2.05) is 0 Å². The molecule has 0 unspecified atom stereocenters. The number of hydrogen-bond donors (Lipinski definition) is 1. The van der Waals surface area contributed by atoms with E-state index in [1.165, 1.54) is 25.0 Å². The van der Waals surface area contributed by atoms with Crippen LogP contribution in [0, 0.1) is 10.1 Å². The SMILES string of the molecule is O=[N+]([O-])c1cccc(-c2ncn(CCNC3CC3)n2)c1. The Kier molecular flexibility index (Phi) is 3.42. The first kappa shape index (κ1) is 12.7. The van der Waals surface area contributed by atoms with Crippen LogP contribution in [0.1, 0.15) is 12.8 Å². The molecule has 1 aromatic heterocycles. The number of aromatic nitrogens is 3. The number of rotatable bonds is 6. The molecule has 104 valence electrons. The second kappa shape index (κ2) is 5.38. The zero-order valence-electron chi connectivity index (χ0n) is 10.9. The lowest BCUT2D eigenvalue weighted by molar-refractivity contribution is -0.384. The molecule has 0 saturated heterocycles. The Hall–Kier alpha value is -2.28. The first-order valence-corrected chi connectivity index (χ1v) is 6.60. The van der Waals surface area contributed by atoms with E-state index in [0.29, 0.717) is 17.4 Å². The van der Waals surface area contributed by atoms with Crippen molar-refractivity contribution in [3.8, 4) is 11.4 Å². The van der Waals surface area contributed by atoms with E-state index in [-0.39, 0.29) is 5.69 Å². The lowest BCUT2D eigenvalue weighted by atomic mass is 10.2. The highest BCUT2D eigenvalue weighted by atomic mass is 16.6. The van der Waals surface area contributed by atoms with Crippen molar-refractivity contribution in [3.63, 3.8) is 0 Å². The minimum atomic E-state index is -0.417. The number of nitrogens with zero attached hydrogens (tertiary/aromatic N) is 4. The average molecular weight is 273 g/mol. The topological polar surface area (TPSA) is 85.9 Å². The molecule has 7 nitrogen and oxygen atoms in total. The van der Waals surface area contributed by atoms with Gasteiger partial charge in [0.2, 0.25) is 0 Å². The summed E-state index contributed by atoms with van der Waals surface area (Å²) in [7, 11) is 0. The Morgan fingerprint density at radius 1 is 1.45 bits per heavy atom. The molecular weight excluding hydrogens is 258 g/mol. The highest BCUT2D eigenvalue weighted by Crippen LogP contribution is 2.20. The van der Waals surface area contributed by atoms with Gasteiger partial charge in [0, 0.05) is 30.3 Å². The maximum atomic E-state index is 10.8. The van der Waals surface area contributed by atoms with Crippen LogP contribution in [0.15, 0.2) is 30.6 Å². The van der Waals surface area contributed by atoms with Crippen molar-refractivity contribution in [2.75, 3.05) is 6.54 Å². The molecule has 1 aromatic carbocycles. The summed E-state index contributed by atoms with van der Waals surface area (Å²) in [5.74, 6) is 0.514. The zero-order valence-corrected chi connectivity index (χ0v) is 10.9. The molecule has 0 amide bonds. The predicted molar refractivity (Wildman–Crippen MR) is 73.1 cm³/mol. The van der Waals surface area contributed by atoms with Crippen LogP contribution in [0.5, 0.6) is 0 Å². The third-order valence-electron chi connectivity index (χ3n) is 3.20. The first-order valence-electron chi connectivity index (χ1n) is 6.60. The number of nitro benzene ring substituents is 1. The zero-order chi connectivity index (χ0) is 13.9. The molecule has 1 heterocycles. The largest absolute Gasteiger partial charge is 0.312 e. The molecule has 0 aliphatic heterocycles. The maximum Gasteiger partial charge on any atom is 0.270 e. The molecular formula is C13H15N5O2. The number of non-ortho nitro benzene ring substituents is 1. The molecule has 0 radical (unpaired) electrons. The highest BCUT2D eigenvalue weighted by molar-refractivity contribution is 5.58. The fourth-order valence-electron chi connectivity index (χ4n) is 1.96. The van der Waals surface area contributed by atoms with Crippen molar-refractivity contribution < 1.29 is 4.92 Å². The summed E-state index contributed by atoms with van der Waals surface area (Å²) >= 11 is 0. The van der Waals surface area contributed by atoms with Gasteiger partial charge < -0.3 is 5.32 Å². The van der Waals surface area contributed by atoms with Gasteiger partial charge in [-0.1, -0.05) is 12.1 Å². The molecule has 1 aliphatic carbocycles. The number of hydrogen-bond acceptors (Lipinski definition) is 5. The molecule has 2 aromatic rings. The minimum Gasteiger partial charge on any atom is -0.312 e. The molecule has 1 saturated carbocycles. The minimum absolute atomic E-state index is 0.0502. The van der Waals surface area contributed by atoms with Gasteiger partial charge in [-0.05, 0) is 12.8 Å². The van der Waals surface area contributed by atoms with E-state index < -0.39 is 4.92 Å². The van der Waals surface area contributed by atoms with Crippen molar-refractivity contribution >= 4 is 5.69 Å². The van der Waals surface area contributed by atoms with Gasteiger partial charge in [-0.3, -0.25) is 14.8 Å². The van der Waals surface area contributed by atoms with E-state index in [4.69, 9.17) is 0 Å². The second-order valence-corrected chi connectivity index (χ2v) is 4.87. The summed E-state index contributed by atoms with van der Waals surface area (Å²) < 4.78 is 1.75. The van der Waals surface area contributed by atoms with Crippen LogP contribution in [0.2, 0.25) is 0 Å². The van der Waals surface area contributed by atoms with Crippen molar-refractivity contribution in [1.82, 2.24) is 20.1 Å². The van der Waals surface area contributed by atoms with Gasteiger partial charge in [-0.25, -0.2) is 4.98 Å². The van der Waals surface area contributed by atoms with E-state index in [0.717, 1.165) is 13.1 Å². The molecule has 7 heteroatoms. The van der Waals surface area contributed by atoms with E-state index in [1.54, 1.807) is 23.1 Å². The lowest BCUT2D eigenvalue weighted by Gasteiger charge is -2.01. The van der Waals surface area contributed by atoms with Crippen LogP contribution < -0.4 is 5.32 Å². The molecule has 1 fully saturated rings. The molecule has 1 N–H and O–H groups in total. The van der Waals surface area contributed by atoms with Gasteiger partial charge in [0.05, 0.1) is 11.5 Å². The molecule has 1 aliphatic rings. The molecule has 0 atom stereocenters. The van der Waals surface area contributed by atoms with Crippen LogP contribution in [-0.4, -0.2) is 32.3 Å². The van der Waals surface area contributed by atoms with Crippen LogP contribution in [0.4, 0.5) is 5.69 Å². The van der Waals surface area contributed by atoms with E-state index >= 15 is 0 Å². The first-order chi connectivity index (χ1) is 9.72. The van der Waals surface area contributed by atoms with Crippen molar-refractivity contribution in [3.05, 3.63) is 40.7 Å². The summed E-state index contributed by atoms with van der Waals surface area (Å²) in [6.07, 6.45) is 4.18. The van der Waals surface area contributed by atoms with Crippen molar-refractivity contribution in [1.29, 1.82) is 0 Å². The van der Waals surface area contributed by atoms with Gasteiger partial charge in [0.15, 0.2) is 5.82 Å². The van der Waals surface area contributed by atoms with E-state index in [9.17, 15) is 10.1 Å². The molecule has 0 spiro atoms. The molecule has 0 bridgehead atoms.